The Balaban J connectivity index is 2.30. The van der Waals surface area contributed by atoms with Crippen LogP contribution >= 0.6 is 0 Å². The summed E-state index contributed by atoms with van der Waals surface area (Å²) in [6.07, 6.45) is 0. The molecular formula is C20H16O6. The van der Waals surface area contributed by atoms with E-state index in [-0.39, 0.29) is 22.4 Å². The lowest BCUT2D eigenvalue weighted by Gasteiger charge is -2.27. The average molecular weight is 352 g/mol. The fraction of sp³-hybridized carbons (Fsp3) is 0.200. The topological polar surface area (TPSA) is 86.7 Å². The summed E-state index contributed by atoms with van der Waals surface area (Å²) in [7, 11) is 0. The van der Waals surface area contributed by atoms with E-state index in [9.17, 15) is 19.2 Å². The van der Waals surface area contributed by atoms with Gasteiger partial charge in [-0.3, -0.25) is 19.2 Å². The van der Waals surface area contributed by atoms with Crippen LogP contribution in [0.5, 0.6) is 5.75 Å². The highest BCUT2D eigenvalue weighted by Crippen LogP contribution is 2.44. The molecule has 26 heavy (non-hydrogen) atoms. The number of carbonyl (C=O) groups is 4. The van der Waals surface area contributed by atoms with Gasteiger partial charge in [-0.25, -0.2) is 0 Å². The third-order valence-corrected chi connectivity index (χ3v) is 4.12. The standard InChI is InChI=1S/C20H16O6/c1-11-8-9-16(17(10-11)25-12(2)21)20(26-13(3)22)18(23)14-6-4-5-7-15(14)19(20)24/h4-10H,1-3H3. The number of fused-ring (bicyclic) bond motifs is 1. The van der Waals surface area contributed by atoms with Gasteiger partial charge in [-0.05, 0) is 18.6 Å². The molecule has 0 aromatic heterocycles. The SMILES string of the molecule is CC(=O)Oc1cc(C)ccc1C1(OC(C)=O)C(=O)c2ccccc2C1=O. The summed E-state index contributed by atoms with van der Waals surface area (Å²) in [6.45, 7) is 4.09. The molecule has 0 saturated carbocycles. The van der Waals surface area contributed by atoms with E-state index in [2.05, 4.69) is 0 Å². The maximum Gasteiger partial charge on any atom is 0.308 e. The third-order valence-electron chi connectivity index (χ3n) is 4.12. The molecule has 0 spiro atoms. The second kappa shape index (κ2) is 6.22. The summed E-state index contributed by atoms with van der Waals surface area (Å²) in [4.78, 5) is 49.6. The monoisotopic (exact) mass is 352 g/mol. The van der Waals surface area contributed by atoms with Crippen molar-refractivity contribution in [2.75, 3.05) is 0 Å². The van der Waals surface area contributed by atoms with Gasteiger partial charge in [0, 0.05) is 25.0 Å². The van der Waals surface area contributed by atoms with Gasteiger partial charge in [0.05, 0.1) is 5.56 Å². The molecule has 2 aromatic carbocycles. The molecule has 3 rings (SSSR count). The van der Waals surface area contributed by atoms with Gasteiger partial charge in [0.25, 0.3) is 5.60 Å². The lowest BCUT2D eigenvalue weighted by Crippen LogP contribution is -2.43. The zero-order valence-corrected chi connectivity index (χ0v) is 14.5. The Labute approximate surface area is 149 Å². The van der Waals surface area contributed by atoms with Crippen LogP contribution in [0, 0.1) is 6.92 Å². The van der Waals surface area contributed by atoms with Crippen LogP contribution in [0.4, 0.5) is 0 Å². The van der Waals surface area contributed by atoms with Gasteiger partial charge in [0.2, 0.25) is 11.6 Å². The van der Waals surface area contributed by atoms with E-state index in [1.54, 1.807) is 25.1 Å². The number of carbonyl (C=O) groups excluding carboxylic acids is 4. The summed E-state index contributed by atoms with van der Waals surface area (Å²) >= 11 is 0. The summed E-state index contributed by atoms with van der Waals surface area (Å²) in [6, 6.07) is 10.9. The zero-order chi connectivity index (χ0) is 19.1. The molecule has 6 heteroatoms. The van der Waals surface area contributed by atoms with Crippen LogP contribution in [0.2, 0.25) is 0 Å². The lowest BCUT2D eigenvalue weighted by atomic mass is 9.87. The number of Topliss-reactive ketones (excluding diaryl/α,β-unsaturated/α-hetero) is 2. The summed E-state index contributed by atoms with van der Waals surface area (Å²) in [5.74, 6) is -2.73. The van der Waals surface area contributed by atoms with E-state index in [0.29, 0.717) is 0 Å². The highest BCUT2D eigenvalue weighted by atomic mass is 16.6. The van der Waals surface area contributed by atoms with Crippen molar-refractivity contribution in [2.24, 2.45) is 0 Å². The van der Waals surface area contributed by atoms with E-state index in [1.165, 1.54) is 31.2 Å². The second-order valence-electron chi connectivity index (χ2n) is 6.07. The Hall–Kier alpha value is -3.28. The smallest absolute Gasteiger partial charge is 0.308 e. The highest BCUT2D eigenvalue weighted by molar-refractivity contribution is 6.32. The van der Waals surface area contributed by atoms with Gasteiger partial charge in [0.1, 0.15) is 5.75 Å². The summed E-state index contributed by atoms with van der Waals surface area (Å²) < 4.78 is 10.5. The number of benzene rings is 2. The third kappa shape index (κ3) is 2.60. The molecule has 0 saturated heterocycles. The molecule has 2 aromatic rings. The largest absolute Gasteiger partial charge is 0.437 e. The minimum atomic E-state index is -2.20. The molecular weight excluding hydrogens is 336 g/mol. The molecule has 0 fully saturated rings. The van der Waals surface area contributed by atoms with Crippen LogP contribution in [-0.2, 0) is 19.9 Å². The van der Waals surface area contributed by atoms with E-state index in [0.717, 1.165) is 12.5 Å². The Morgan fingerprint density at radius 3 is 1.96 bits per heavy atom. The second-order valence-corrected chi connectivity index (χ2v) is 6.07. The predicted molar refractivity (Wildman–Crippen MR) is 91.0 cm³/mol. The van der Waals surface area contributed by atoms with E-state index in [4.69, 9.17) is 9.47 Å². The number of hydrogen-bond acceptors (Lipinski definition) is 6. The Morgan fingerprint density at radius 2 is 1.46 bits per heavy atom. The molecule has 0 atom stereocenters. The van der Waals surface area contributed by atoms with E-state index < -0.39 is 29.1 Å². The number of rotatable bonds is 3. The van der Waals surface area contributed by atoms with Crippen molar-refractivity contribution >= 4 is 23.5 Å². The average Bonchev–Trinajstić information content (AvgIpc) is 2.77. The molecule has 0 radical (unpaired) electrons. The fourth-order valence-corrected chi connectivity index (χ4v) is 3.13. The quantitative estimate of drug-likeness (QED) is 0.480. The van der Waals surface area contributed by atoms with Gasteiger partial charge in [-0.2, -0.15) is 0 Å². The van der Waals surface area contributed by atoms with Crippen molar-refractivity contribution in [1.29, 1.82) is 0 Å². The van der Waals surface area contributed by atoms with Crippen molar-refractivity contribution in [2.45, 2.75) is 26.4 Å². The first kappa shape index (κ1) is 17.5. The van der Waals surface area contributed by atoms with Gasteiger partial charge >= 0.3 is 11.9 Å². The number of ketones is 2. The fourth-order valence-electron chi connectivity index (χ4n) is 3.13. The van der Waals surface area contributed by atoms with E-state index >= 15 is 0 Å². The van der Waals surface area contributed by atoms with Gasteiger partial charge in [-0.1, -0.05) is 36.4 Å². The van der Waals surface area contributed by atoms with Gasteiger partial charge in [-0.15, -0.1) is 0 Å². The van der Waals surface area contributed by atoms with Crippen LogP contribution in [0.1, 0.15) is 45.7 Å². The number of esters is 2. The first-order valence-electron chi connectivity index (χ1n) is 7.95. The predicted octanol–water partition coefficient (Wildman–Crippen LogP) is 2.76. The maximum absolute atomic E-state index is 13.1. The van der Waals surface area contributed by atoms with Crippen LogP contribution in [0.3, 0.4) is 0 Å². The van der Waals surface area contributed by atoms with Crippen LogP contribution in [-0.4, -0.2) is 23.5 Å². The van der Waals surface area contributed by atoms with Crippen molar-refractivity contribution in [1.82, 2.24) is 0 Å². The first-order valence-corrected chi connectivity index (χ1v) is 7.95. The van der Waals surface area contributed by atoms with Crippen molar-refractivity contribution < 1.29 is 28.7 Å². The first-order chi connectivity index (χ1) is 12.3. The van der Waals surface area contributed by atoms with Crippen LogP contribution in [0.25, 0.3) is 0 Å². The summed E-state index contributed by atoms with van der Waals surface area (Å²) in [5, 5.41) is 0. The molecule has 6 nitrogen and oxygen atoms in total. The molecule has 0 heterocycles. The highest BCUT2D eigenvalue weighted by Gasteiger charge is 2.58. The lowest BCUT2D eigenvalue weighted by molar-refractivity contribution is -0.149. The molecule has 0 amide bonds. The molecule has 0 aliphatic heterocycles. The van der Waals surface area contributed by atoms with Gasteiger partial charge < -0.3 is 9.47 Å². The van der Waals surface area contributed by atoms with Crippen LogP contribution in [0.15, 0.2) is 42.5 Å². The number of ether oxygens (including phenoxy) is 2. The minimum absolute atomic E-state index is 0.00764. The molecule has 1 aliphatic carbocycles. The minimum Gasteiger partial charge on any atom is -0.437 e. The molecule has 0 N–H and O–H groups in total. The molecule has 132 valence electrons. The van der Waals surface area contributed by atoms with E-state index in [1.807, 2.05) is 0 Å². The number of hydrogen-bond donors (Lipinski definition) is 0. The van der Waals surface area contributed by atoms with Crippen molar-refractivity contribution in [3.05, 3.63) is 64.7 Å². The number of aryl methyl sites for hydroxylation is 1. The maximum atomic E-state index is 13.1. The molecule has 1 aliphatic rings. The Morgan fingerprint density at radius 1 is 0.885 bits per heavy atom. The van der Waals surface area contributed by atoms with Gasteiger partial charge in [0.15, 0.2) is 0 Å². The van der Waals surface area contributed by atoms with Crippen molar-refractivity contribution in [3.8, 4) is 5.75 Å². The Bertz CT molecular complexity index is 922. The zero-order valence-electron chi connectivity index (χ0n) is 14.5. The Kier molecular flexibility index (Phi) is 4.20. The van der Waals surface area contributed by atoms with Crippen molar-refractivity contribution in [3.63, 3.8) is 0 Å². The summed E-state index contributed by atoms with van der Waals surface area (Å²) in [5.41, 5.74) is -1.10. The molecule has 0 unspecified atom stereocenters. The molecule has 0 bridgehead atoms. The normalized spacial score (nSPS) is 14.7. The van der Waals surface area contributed by atoms with Crippen LogP contribution < -0.4 is 4.74 Å².